The van der Waals surface area contributed by atoms with Crippen molar-refractivity contribution in [3.63, 3.8) is 0 Å². The lowest BCUT2D eigenvalue weighted by molar-refractivity contribution is 0.0949. The van der Waals surface area contributed by atoms with Crippen LogP contribution in [0.25, 0.3) is 10.9 Å². The lowest BCUT2D eigenvalue weighted by Crippen LogP contribution is -2.26. The second-order valence-corrected chi connectivity index (χ2v) is 7.24. The van der Waals surface area contributed by atoms with Crippen molar-refractivity contribution in [1.82, 2.24) is 19.9 Å². The van der Waals surface area contributed by atoms with Crippen LogP contribution in [0.4, 0.5) is 0 Å². The maximum Gasteiger partial charge on any atom is 0.260 e. The Morgan fingerprint density at radius 3 is 2.57 bits per heavy atom. The molecule has 0 aliphatic rings. The van der Waals surface area contributed by atoms with Gasteiger partial charge in [-0.3, -0.25) is 19.6 Å². The average molecular weight is 398 g/mol. The largest absolute Gasteiger partial charge is 0.346 e. The second kappa shape index (κ2) is 8.29. The molecule has 0 aliphatic carbocycles. The van der Waals surface area contributed by atoms with Crippen molar-refractivity contribution in [3.8, 4) is 0 Å². The summed E-state index contributed by atoms with van der Waals surface area (Å²) in [7, 11) is 0. The van der Waals surface area contributed by atoms with Gasteiger partial charge in [0.25, 0.3) is 11.5 Å². The lowest BCUT2D eigenvalue weighted by atomic mass is 10.1. The van der Waals surface area contributed by atoms with Crippen molar-refractivity contribution in [3.05, 3.63) is 105 Å². The van der Waals surface area contributed by atoms with E-state index in [2.05, 4.69) is 15.3 Å². The van der Waals surface area contributed by atoms with E-state index in [-0.39, 0.29) is 11.5 Å². The van der Waals surface area contributed by atoms with Crippen LogP contribution in [0.3, 0.4) is 0 Å². The predicted molar refractivity (Wildman–Crippen MR) is 116 cm³/mol. The van der Waals surface area contributed by atoms with Crippen LogP contribution in [0.5, 0.6) is 0 Å². The van der Waals surface area contributed by atoms with Gasteiger partial charge in [-0.05, 0) is 43.7 Å². The van der Waals surface area contributed by atoms with Gasteiger partial charge in [0.2, 0.25) is 0 Å². The highest BCUT2D eigenvalue weighted by atomic mass is 16.1. The molecule has 0 unspecified atom stereocenters. The van der Waals surface area contributed by atoms with E-state index in [4.69, 9.17) is 0 Å². The molecule has 6 nitrogen and oxygen atoms in total. The third kappa shape index (κ3) is 4.12. The van der Waals surface area contributed by atoms with E-state index in [1.807, 2.05) is 61.5 Å². The van der Waals surface area contributed by atoms with Crippen LogP contribution < -0.4 is 10.9 Å². The molecule has 0 radical (unpaired) electrons. The fraction of sp³-hybridized carbons (Fsp3) is 0.167. The Morgan fingerprint density at radius 2 is 1.80 bits per heavy atom. The van der Waals surface area contributed by atoms with Crippen molar-refractivity contribution < 1.29 is 4.79 Å². The molecule has 150 valence electrons. The number of aryl methyl sites for hydroxylation is 2. The van der Waals surface area contributed by atoms with Crippen LogP contribution in [0.2, 0.25) is 0 Å². The molecule has 1 amide bonds. The number of nitrogens with one attached hydrogen (secondary N) is 1. The number of carbonyl (C=O) groups excluding carboxylic acids is 1. The SMILES string of the molecule is Cc1cccc(CNC(=O)c2cc3c(=O)n(Cc4ccccc4)ccc3nc2C)n1. The number of hydrogen-bond acceptors (Lipinski definition) is 4. The molecule has 0 atom stereocenters. The number of nitrogens with zero attached hydrogens (tertiary/aromatic N) is 3. The van der Waals surface area contributed by atoms with Crippen LogP contribution >= 0.6 is 0 Å². The number of rotatable bonds is 5. The Balaban J connectivity index is 1.63. The smallest absolute Gasteiger partial charge is 0.260 e. The molecule has 0 saturated carbocycles. The van der Waals surface area contributed by atoms with Gasteiger partial charge in [0.1, 0.15) is 0 Å². The first kappa shape index (κ1) is 19.5. The monoisotopic (exact) mass is 398 g/mol. The lowest BCUT2D eigenvalue weighted by Gasteiger charge is -2.11. The highest BCUT2D eigenvalue weighted by Crippen LogP contribution is 2.14. The third-order valence-electron chi connectivity index (χ3n) is 4.96. The highest BCUT2D eigenvalue weighted by molar-refractivity contribution is 5.98. The summed E-state index contributed by atoms with van der Waals surface area (Å²) in [5.74, 6) is -0.275. The first-order chi connectivity index (χ1) is 14.5. The molecule has 3 heterocycles. The number of amides is 1. The summed E-state index contributed by atoms with van der Waals surface area (Å²) in [6.07, 6.45) is 1.74. The summed E-state index contributed by atoms with van der Waals surface area (Å²) in [6.45, 7) is 4.45. The normalized spacial score (nSPS) is 10.9. The summed E-state index contributed by atoms with van der Waals surface area (Å²) in [4.78, 5) is 34.7. The standard InChI is InChI=1S/C24H22N4O2/c1-16-7-6-10-19(26-16)14-25-23(29)20-13-21-22(27-17(20)2)11-12-28(24(21)30)15-18-8-4-3-5-9-18/h3-13H,14-15H2,1-2H3,(H,25,29). The van der Waals surface area contributed by atoms with Crippen molar-refractivity contribution in [1.29, 1.82) is 0 Å². The molecule has 4 aromatic rings. The van der Waals surface area contributed by atoms with Gasteiger partial charge in [-0.15, -0.1) is 0 Å². The number of pyridine rings is 3. The maximum absolute atomic E-state index is 13.0. The van der Waals surface area contributed by atoms with Gasteiger partial charge in [-0.2, -0.15) is 0 Å². The minimum absolute atomic E-state index is 0.168. The van der Waals surface area contributed by atoms with E-state index in [1.165, 1.54) is 0 Å². The summed E-state index contributed by atoms with van der Waals surface area (Å²) in [5, 5.41) is 3.30. The van der Waals surface area contributed by atoms with Crippen molar-refractivity contribution in [2.75, 3.05) is 0 Å². The molecule has 6 heteroatoms. The minimum Gasteiger partial charge on any atom is -0.346 e. The van der Waals surface area contributed by atoms with Gasteiger partial charge >= 0.3 is 0 Å². The van der Waals surface area contributed by atoms with Crippen molar-refractivity contribution in [2.24, 2.45) is 0 Å². The topological polar surface area (TPSA) is 76.9 Å². The van der Waals surface area contributed by atoms with E-state index in [0.29, 0.717) is 35.2 Å². The van der Waals surface area contributed by atoms with Gasteiger partial charge in [0, 0.05) is 11.9 Å². The van der Waals surface area contributed by atoms with Gasteiger partial charge < -0.3 is 9.88 Å². The molecule has 3 aromatic heterocycles. The van der Waals surface area contributed by atoms with E-state index < -0.39 is 0 Å². The number of fused-ring (bicyclic) bond motifs is 1. The molecule has 0 aliphatic heterocycles. The summed E-state index contributed by atoms with van der Waals surface area (Å²) >= 11 is 0. The Labute approximate surface area is 174 Å². The number of benzene rings is 1. The summed E-state index contributed by atoms with van der Waals surface area (Å²) < 4.78 is 1.63. The van der Waals surface area contributed by atoms with Crippen LogP contribution in [0.15, 0.2) is 71.7 Å². The quantitative estimate of drug-likeness (QED) is 0.559. The molecule has 1 N–H and O–H groups in total. The molecule has 4 rings (SSSR count). The summed E-state index contributed by atoms with van der Waals surface area (Å²) in [6, 6.07) is 18.9. The molecule has 0 spiro atoms. The zero-order chi connectivity index (χ0) is 21.1. The molecular weight excluding hydrogens is 376 g/mol. The molecule has 0 bridgehead atoms. The molecular formula is C24H22N4O2. The number of hydrogen-bond donors (Lipinski definition) is 1. The van der Waals surface area contributed by atoms with Crippen molar-refractivity contribution in [2.45, 2.75) is 26.9 Å². The van der Waals surface area contributed by atoms with E-state index in [9.17, 15) is 9.59 Å². The molecule has 0 saturated heterocycles. The van der Waals surface area contributed by atoms with Crippen LogP contribution in [-0.4, -0.2) is 20.4 Å². The Morgan fingerprint density at radius 1 is 1.00 bits per heavy atom. The second-order valence-electron chi connectivity index (χ2n) is 7.24. The average Bonchev–Trinajstić information content (AvgIpc) is 2.74. The van der Waals surface area contributed by atoms with Gasteiger partial charge in [0.05, 0.1) is 40.9 Å². The van der Waals surface area contributed by atoms with E-state index >= 15 is 0 Å². The fourth-order valence-electron chi connectivity index (χ4n) is 3.40. The Kier molecular flexibility index (Phi) is 5.39. The zero-order valence-corrected chi connectivity index (χ0v) is 16.9. The van der Waals surface area contributed by atoms with E-state index in [0.717, 1.165) is 17.0 Å². The molecule has 0 fully saturated rings. The van der Waals surface area contributed by atoms with E-state index in [1.54, 1.807) is 23.8 Å². The van der Waals surface area contributed by atoms with Gasteiger partial charge in [0.15, 0.2) is 0 Å². The third-order valence-corrected chi connectivity index (χ3v) is 4.96. The van der Waals surface area contributed by atoms with Crippen LogP contribution in [0, 0.1) is 13.8 Å². The fourth-order valence-corrected chi connectivity index (χ4v) is 3.40. The van der Waals surface area contributed by atoms with Crippen molar-refractivity contribution >= 4 is 16.8 Å². The van der Waals surface area contributed by atoms with Gasteiger partial charge in [-0.1, -0.05) is 36.4 Å². The number of aromatic nitrogens is 3. The predicted octanol–water partition coefficient (Wildman–Crippen LogP) is 3.39. The first-order valence-corrected chi connectivity index (χ1v) is 9.77. The number of carbonyl (C=O) groups is 1. The van der Waals surface area contributed by atoms with Gasteiger partial charge in [-0.25, -0.2) is 0 Å². The van der Waals surface area contributed by atoms with Crippen LogP contribution in [-0.2, 0) is 13.1 Å². The van der Waals surface area contributed by atoms with Crippen LogP contribution in [0.1, 0.15) is 33.0 Å². The Bertz CT molecular complexity index is 1280. The molecule has 30 heavy (non-hydrogen) atoms. The summed E-state index contributed by atoms with van der Waals surface area (Å²) in [5.41, 5.74) is 4.09. The molecule has 1 aromatic carbocycles. The minimum atomic E-state index is -0.275. The first-order valence-electron chi connectivity index (χ1n) is 9.77. The Hall–Kier alpha value is -3.80. The highest BCUT2D eigenvalue weighted by Gasteiger charge is 2.14. The maximum atomic E-state index is 13.0. The zero-order valence-electron chi connectivity index (χ0n) is 16.9.